The van der Waals surface area contributed by atoms with E-state index in [2.05, 4.69) is 0 Å². The molecule has 0 heterocycles. The fourth-order valence-corrected chi connectivity index (χ4v) is 4.60. The zero-order valence-corrected chi connectivity index (χ0v) is 16.8. The second-order valence-corrected chi connectivity index (χ2v) is 8.61. The van der Waals surface area contributed by atoms with Crippen molar-refractivity contribution in [2.45, 2.75) is 24.2 Å². The van der Waals surface area contributed by atoms with Crippen LogP contribution in [0, 0.1) is 17.1 Å². The molecule has 0 bridgehead atoms. The van der Waals surface area contributed by atoms with Crippen molar-refractivity contribution in [1.82, 2.24) is 4.31 Å². The Hall–Kier alpha value is -3.22. The fraction of sp³-hybridized carbons (Fsp3) is 0.136. The van der Waals surface area contributed by atoms with Gasteiger partial charge in [0.05, 0.1) is 22.1 Å². The third-order valence-corrected chi connectivity index (χ3v) is 6.37. The number of hydrogen-bond acceptors (Lipinski definition) is 3. The van der Waals surface area contributed by atoms with E-state index in [1.54, 1.807) is 0 Å². The molecule has 31 heavy (non-hydrogen) atoms. The van der Waals surface area contributed by atoms with Crippen molar-refractivity contribution in [3.05, 3.63) is 101 Å². The van der Waals surface area contributed by atoms with Crippen LogP contribution in [0.3, 0.4) is 0 Å². The highest BCUT2D eigenvalue weighted by molar-refractivity contribution is 7.89. The van der Waals surface area contributed by atoms with Crippen LogP contribution in [0.25, 0.3) is 0 Å². The summed E-state index contributed by atoms with van der Waals surface area (Å²) in [6.45, 7) is -0.508. The van der Waals surface area contributed by atoms with Gasteiger partial charge in [0.15, 0.2) is 0 Å². The van der Waals surface area contributed by atoms with Crippen LogP contribution < -0.4 is 0 Å². The molecule has 3 rings (SSSR count). The van der Waals surface area contributed by atoms with Gasteiger partial charge in [-0.3, -0.25) is 0 Å². The first kappa shape index (κ1) is 22.5. The van der Waals surface area contributed by atoms with Gasteiger partial charge in [0.25, 0.3) is 0 Å². The summed E-state index contributed by atoms with van der Waals surface area (Å²) in [5.41, 5.74) is -0.0182. The summed E-state index contributed by atoms with van der Waals surface area (Å²) >= 11 is 0. The molecule has 0 aliphatic rings. The Bertz CT molecular complexity index is 1200. The lowest BCUT2D eigenvalue weighted by molar-refractivity contribution is -0.139. The van der Waals surface area contributed by atoms with Crippen LogP contribution in [0.15, 0.2) is 77.7 Å². The summed E-state index contributed by atoms with van der Waals surface area (Å²) in [6, 6.07) is 17.0. The Balaban J connectivity index is 2.06. The monoisotopic (exact) mass is 448 g/mol. The molecule has 3 aromatic rings. The maximum Gasteiger partial charge on any atom is 0.417 e. The smallest absolute Gasteiger partial charge is 0.207 e. The van der Waals surface area contributed by atoms with E-state index >= 15 is 0 Å². The predicted molar refractivity (Wildman–Crippen MR) is 105 cm³/mol. The molecule has 0 atom stereocenters. The molecule has 0 saturated carbocycles. The number of sulfonamides is 1. The van der Waals surface area contributed by atoms with Gasteiger partial charge in [-0.1, -0.05) is 36.4 Å². The lowest BCUT2D eigenvalue weighted by Crippen LogP contribution is -2.31. The van der Waals surface area contributed by atoms with Crippen LogP contribution in [0.4, 0.5) is 17.6 Å². The second-order valence-electron chi connectivity index (χ2n) is 6.70. The van der Waals surface area contributed by atoms with Gasteiger partial charge in [-0.15, -0.1) is 0 Å². The number of rotatable bonds is 6. The maximum absolute atomic E-state index is 13.5. The Morgan fingerprint density at radius 1 is 0.839 bits per heavy atom. The molecule has 0 aromatic heterocycles. The van der Waals surface area contributed by atoms with E-state index in [1.807, 2.05) is 6.07 Å². The summed E-state index contributed by atoms with van der Waals surface area (Å²) < 4.78 is 81.1. The van der Waals surface area contributed by atoms with Crippen LogP contribution in [-0.2, 0) is 29.3 Å². The van der Waals surface area contributed by atoms with Crippen LogP contribution in [0.2, 0.25) is 0 Å². The number of halogens is 4. The van der Waals surface area contributed by atoms with Crippen molar-refractivity contribution in [3.8, 4) is 6.07 Å². The second kappa shape index (κ2) is 8.88. The lowest BCUT2D eigenvalue weighted by atomic mass is 10.1. The average molecular weight is 448 g/mol. The van der Waals surface area contributed by atoms with E-state index in [-0.39, 0.29) is 13.1 Å². The topological polar surface area (TPSA) is 61.2 Å². The molecule has 160 valence electrons. The van der Waals surface area contributed by atoms with Crippen LogP contribution in [-0.4, -0.2) is 12.7 Å². The first-order chi connectivity index (χ1) is 14.6. The van der Waals surface area contributed by atoms with Gasteiger partial charge in [0.1, 0.15) is 5.82 Å². The highest BCUT2D eigenvalue weighted by atomic mass is 32.2. The quantitative estimate of drug-likeness (QED) is 0.493. The average Bonchev–Trinajstić information content (AvgIpc) is 2.74. The molecular weight excluding hydrogens is 432 g/mol. The Morgan fingerprint density at radius 3 is 1.87 bits per heavy atom. The van der Waals surface area contributed by atoms with Gasteiger partial charge in [-0.05, 0) is 47.5 Å². The minimum atomic E-state index is -4.86. The molecule has 0 saturated heterocycles. The largest absolute Gasteiger partial charge is 0.417 e. The van der Waals surface area contributed by atoms with Crippen LogP contribution >= 0.6 is 0 Å². The highest BCUT2D eigenvalue weighted by Crippen LogP contribution is 2.35. The molecular formula is C22H16F4N2O2S. The van der Waals surface area contributed by atoms with Crippen molar-refractivity contribution >= 4 is 10.0 Å². The number of nitrogens with zero attached hydrogens (tertiary/aromatic N) is 2. The fourth-order valence-electron chi connectivity index (χ4n) is 2.97. The molecule has 9 heteroatoms. The van der Waals surface area contributed by atoms with Crippen LogP contribution in [0.1, 0.15) is 22.3 Å². The SMILES string of the molecule is N#Cc1ccc(CN(Cc2ccc(F)cc2)S(=O)(=O)c2ccccc2C(F)(F)F)cc1. The van der Waals surface area contributed by atoms with E-state index in [1.165, 1.54) is 42.5 Å². The van der Waals surface area contributed by atoms with Crippen LogP contribution in [0.5, 0.6) is 0 Å². The van der Waals surface area contributed by atoms with E-state index in [0.29, 0.717) is 22.8 Å². The molecule has 0 aliphatic carbocycles. The van der Waals surface area contributed by atoms with Crippen molar-refractivity contribution in [1.29, 1.82) is 5.26 Å². The molecule has 0 radical (unpaired) electrons. The third-order valence-electron chi connectivity index (χ3n) is 4.52. The number of alkyl halides is 3. The minimum Gasteiger partial charge on any atom is -0.207 e. The molecule has 3 aromatic carbocycles. The normalized spacial score (nSPS) is 12.0. The third kappa shape index (κ3) is 5.29. The minimum absolute atomic E-state index is 0.238. The van der Waals surface area contributed by atoms with E-state index in [0.717, 1.165) is 28.6 Å². The lowest BCUT2D eigenvalue weighted by Gasteiger charge is -2.24. The van der Waals surface area contributed by atoms with E-state index in [9.17, 15) is 26.0 Å². The molecule has 0 spiro atoms. The van der Waals surface area contributed by atoms with Crippen molar-refractivity contribution < 1.29 is 26.0 Å². The first-order valence-electron chi connectivity index (χ1n) is 9.01. The summed E-state index contributed by atoms with van der Waals surface area (Å²) in [5, 5.41) is 8.92. The zero-order chi connectivity index (χ0) is 22.6. The maximum atomic E-state index is 13.5. The molecule has 0 fully saturated rings. The Morgan fingerprint density at radius 2 is 1.35 bits per heavy atom. The Labute approximate surface area is 177 Å². The van der Waals surface area contributed by atoms with Crippen molar-refractivity contribution in [3.63, 3.8) is 0 Å². The summed E-state index contributed by atoms with van der Waals surface area (Å²) in [5.74, 6) is -0.521. The molecule has 0 unspecified atom stereocenters. The van der Waals surface area contributed by atoms with Crippen molar-refractivity contribution in [2.75, 3.05) is 0 Å². The number of nitriles is 1. The van der Waals surface area contributed by atoms with Gasteiger partial charge in [0.2, 0.25) is 10.0 Å². The predicted octanol–water partition coefficient (Wildman–Crippen LogP) is 5.11. The van der Waals surface area contributed by atoms with Gasteiger partial charge in [-0.25, -0.2) is 12.8 Å². The first-order valence-corrected chi connectivity index (χ1v) is 10.4. The zero-order valence-electron chi connectivity index (χ0n) is 16.0. The summed E-state index contributed by atoms with van der Waals surface area (Å²) in [6.07, 6.45) is -4.86. The van der Waals surface area contributed by atoms with Gasteiger partial charge in [-0.2, -0.15) is 22.7 Å². The standard InChI is InChI=1S/C22H16F4N2O2S/c23-19-11-9-18(10-12-19)15-28(14-17-7-5-16(13-27)6-8-17)31(29,30)21-4-2-1-3-20(21)22(24,25)26/h1-12H,14-15H2. The summed E-state index contributed by atoms with van der Waals surface area (Å²) in [7, 11) is -4.58. The van der Waals surface area contributed by atoms with E-state index in [4.69, 9.17) is 5.26 Å². The highest BCUT2D eigenvalue weighted by Gasteiger charge is 2.38. The van der Waals surface area contributed by atoms with Gasteiger partial charge in [0, 0.05) is 13.1 Å². The molecule has 0 amide bonds. The van der Waals surface area contributed by atoms with E-state index < -0.39 is 32.5 Å². The molecule has 0 aliphatic heterocycles. The van der Waals surface area contributed by atoms with Crippen molar-refractivity contribution in [2.24, 2.45) is 0 Å². The van der Waals surface area contributed by atoms with Gasteiger partial charge < -0.3 is 0 Å². The Kier molecular flexibility index (Phi) is 6.43. The molecule has 0 N–H and O–H groups in total. The molecule has 4 nitrogen and oxygen atoms in total. The number of benzene rings is 3. The summed E-state index contributed by atoms with van der Waals surface area (Å²) in [4.78, 5) is -0.863. The number of hydrogen-bond donors (Lipinski definition) is 0. The van der Waals surface area contributed by atoms with Gasteiger partial charge >= 0.3 is 6.18 Å².